The first-order valence-electron chi connectivity index (χ1n) is 7.23. The smallest absolute Gasteiger partial charge is 0.306 e. The zero-order valence-electron chi connectivity index (χ0n) is 10.9. The Labute approximate surface area is 108 Å². The molecule has 3 heterocycles. The van der Waals surface area contributed by atoms with Gasteiger partial charge >= 0.3 is 5.97 Å². The second-order valence-corrected chi connectivity index (χ2v) is 6.40. The number of carbonyl (C=O) groups is 1. The van der Waals surface area contributed by atoms with Gasteiger partial charge in [0, 0.05) is 32.0 Å². The highest BCUT2D eigenvalue weighted by atomic mass is 16.6. The van der Waals surface area contributed by atoms with Crippen molar-refractivity contribution < 1.29 is 14.3 Å². The third kappa shape index (κ3) is 1.31. The number of methoxy groups -OCH3 is 1. The van der Waals surface area contributed by atoms with Gasteiger partial charge in [-0.2, -0.15) is 0 Å². The van der Waals surface area contributed by atoms with E-state index in [1.807, 2.05) is 0 Å². The van der Waals surface area contributed by atoms with E-state index in [1.165, 1.54) is 12.8 Å². The molecule has 1 aliphatic carbocycles. The van der Waals surface area contributed by atoms with E-state index in [-0.39, 0.29) is 11.6 Å². The van der Waals surface area contributed by atoms with Crippen molar-refractivity contribution in [1.82, 2.24) is 4.90 Å². The van der Waals surface area contributed by atoms with E-state index in [0.29, 0.717) is 30.5 Å². The predicted octanol–water partition coefficient (Wildman–Crippen LogP) is 1.33. The van der Waals surface area contributed by atoms with Gasteiger partial charge in [-0.05, 0) is 25.7 Å². The number of fused-ring (bicyclic) bond motifs is 3. The van der Waals surface area contributed by atoms with Crippen molar-refractivity contribution in [3.8, 4) is 0 Å². The van der Waals surface area contributed by atoms with Crippen LogP contribution in [0.2, 0.25) is 0 Å². The molecular formula is C14H21NO3. The number of ether oxygens (including phenoxy) is 2. The number of rotatable bonds is 1. The van der Waals surface area contributed by atoms with Crippen molar-refractivity contribution in [2.75, 3.05) is 13.7 Å². The SMILES string of the molecule is CO[C@@H]1CCN2[C@H]3CC[C@H]4CC(=O)O[C@@]4(C3)[C@H]2C1. The number of hydrogen-bond acceptors (Lipinski definition) is 4. The van der Waals surface area contributed by atoms with Crippen LogP contribution in [0.3, 0.4) is 0 Å². The summed E-state index contributed by atoms with van der Waals surface area (Å²) < 4.78 is 11.4. The highest BCUT2D eigenvalue weighted by Crippen LogP contribution is 2.55. The summed E-state index contributed by atoms with van der Waals surface area (Å²) in [6.07, 6.45) is 6.65. The summed E-state index contributed by atoms with van der Waals surface area (Å²) in [7, 11) is 1.80. The highest BCUT2D eigenvalue weighted by molar-refractivity contribution is 5.73. The van der Waals surface area contributed by atoms with Crippen LogP contribution in [0.4, 0.5) is 0 Å². The molecule has 0 amide bonds. The Hall–Kier alpha value is -0.610. The minimum Gasteiger partial charge on any atom is -0.457 e. The summed E-state index contributed by atoms with van der Waals surface area (Å²) in [5, 5.41) is 0. The topological polar surface area (TPSA) is 38.8 Å². The molecule has 4 aliphatic rings. The molecule has 3 saturated heterocycles. The summed E-state index contributed by atoms with van der Waals surface area (Å²) >= 11 is 0. The molecule has 4 heteroatoms. The van der Waals surface area contributed by atoms with E-state index < -0.39 is 0 Å². The van der Waals surface area contributed by atoms with Gasteiger partial charge in [0.15, 0.2) is 0 Å². The average molecular weight is 251 g/mol. The zero-order chi connectivity index (χ0) is 12.3. The average Bonchev–Trinajstić information content (AvgIpc) is 2.85. The molecule has 5 atom stereocenters. The minimum atomic E-state index is -0.156. The lowest BCUT2D eigenvalue weighted by atomic mass is 9.72. The summed E-state index contributed by atoms with van der Waals surface area (Å²) in [5.41, 5.74) is -0.156. The molecule has 0 aromatic rings. The largest absolute Gasteiger partial charge is 0.457 e. The summed E-state index contributed by atoms with van der Waals surface area (Å²) in [6.45, 7) is 1.11. The van der Waals surface area contributed by atoms with Crippen molar-refractivity contribution in [1.29, 1.82) is 0 Å². The molecule has 0 radical (unpaired) electrons. The Morgan fingerprint density at radius 1 is 1.39 bits per heavy atom. The van der Waals surface area contributed by atoms with Crippen LogP contribution in [0.25, 0.3) is 0 Å². The molecule has 4 nitrogen and oxygen atoms in total. The lowest BCUT2D eigenvalue weighted by molar-refractivity contribution is -0.154. The molecule has 18 heavy (non-hydrogen) atoms. The van der Waals surface area contributed by atoms with Gasteiger partial charge in [-0.25, -0.2) is 0 Å². The molecule has 0 aromatic carbocycles. The van der Waals surface area contributed by atoms with Crippen LogP contribution in [0.1, 0.15) is 38.5 Å². The molecule has 3 aliphatic heterocycles. The van der Waals surface area contributed by atoms with Gasteiger partial charge in [-0.3, -0.25) is 9.69 Å². The normalized spacial score (nSPS) is 50.8. The van der Waals surface area contributed by atoms with Gasteiger partial charge in [0.2, 0.25) is 0 Å². The molecule has 0 unspecified atom stereocenters. The Balaban J connectivity index is 1.69. The fraction of sp³-hybridized carbons (Fsp3) is 0.929. The first-order valence-corrected chi connectivity index (χ1v) is 7.23. The standard InChI is InChI=1S/C14H21NO3/c1-17-11-4-5-15-10-3-2-9-6-13(16)18-14(9,8-10)12(15)7-11/h9-12H,2-8H2,1H3/t9-,10-,11+,12+,14+/m0/s1. The Morgan fingerprint density at radius 2 is 2.28 bits per heavy atom. The fourth-order valence-electron chi connectivity index (χ4n) is 4.97. The second-order valence-electron chi connectivity index (χ2n) is 6.40. The molecule has 100 valence electrons. The highest BCUT2D eigenvalue weighted by Gasteiger charge is 2.65. The molecule has 2 bridgehead atoms. The quantitative estimate of drug-likeness (QED) is 0.659. The van der Waals surface area contributed by atoms with Crippen LogP contribution in [0.5, 0.6) is 0 Å². The first kappa shape index (κ1) is 11.2. The number of esters is 1. The third-order valence-corrected chi connectivity index (χ3v) is 5.77. The van der Waals surface area contributed by atoms with Gasteiger partial charge in [-0.15, -0.1) is 0 Å². The summed E-state index contributed by atoms with van der Waals surface area (Å²) in [5.74, 6) is 0.494. The van der Waals surface area contributed by atoms with Crippen LogP contribution in [-0.4, -0.2) is 48.3 Å². The Bertz CT molecular complexity index is 385. The van der Waals surface area contributed by atoms with E-state index in [0.717, 1.165) is 25.8 Å². The second kappa shape index (κ2) is 3.70. The van der Waals surface area contributed by atoms with Crippen molar-refractivity contribution in [2.45, 2.75) is 62.3 Å². The molecule has 4 rings (SSSR count). The van der Waals surface area contributed by atoms with E-state index in [1.54, 1.807) is 7.11 Å². The van der Waals surface area contributed by atoms with Crippen molar-refractivity contribution in [2.24, 2.45) is 5.92 Å². The van der Waals surface area contributed by atoms with Crippen LogP contribution >= 0.6 is 0 Å². The minimum absolute atomic E-state index is 0.0297. The Morgan fingerprint density at radius 3 is 3.11 bits per heavy atom. The number of nitrogens with zero attached hydrogens (tertiary/aromatic N) is 1. The van der Waals surface area contributed by atoms with Gasteiger partial charge in [-0.1, -0.05) is 0 Å². The fourth-order valence-corrected chi connectivity index (χ4v) is 4.97. The maximum absolute atomic E-state index is 11.7. The lowest BCUT2D eigenvalue weighted by Crippen LogP contribution is -2.52. The van der Waals surface area contributed by atoms with Crippen LogP contribution in [-0.2, 0) is 14.3 Å². The number of hydrogen-bond donors (Lipinski definition) is 0. The maximum atomic E-state index is 11.7. The maximum Gasteiger partial charge on any atom is 0.306 e. The van der Waals surface area contributed by atoms with Crippen LogP contribution in [0.15, 0.2) is 0 Å². The van der Waals surface area contributed by atoms with Gasteiger partial charge in [0.25, 0.3) is 0 Å². The van der Waals surface area contributed by atoms with Gasteiger partial charge in [0.05, 0.1) is 18.6 Å². The molecular weight excluding hydrogens is 230 g/mol. The molecule has 0 N–H and O–H groups in total. The monoisotopic (exact) mass is 251 g/mol. The lowest BCUT2D eigenvalue weighted by Gasteiger charge is -2.41. The van der Waals surface area contributed by atoms with E-state index in [2.05, 4.69) is 4.90 Å². The summed E-state index contributed by atoms with van der Waals surface area (Å²) in [4.78, 5) is 14.4. The molecule has 1 spiro atoms. The molecule has 0 aromatic heterocycles. The van der Waals surface area contributed by atoms with Crippen molar-refractivity contribution in [3.05, 3.63) is 0 Å². The number of piperidine rings is 1. The van der Waals surface area contributed by atoms with Crippen molar-refractivity contribution >= 4 is 5.97 Å². The van der Waals surface area contributed by atoms with Crippen LogP contribution in [0, 0.1) is 5.92 Å². The van der Waals surface area contributed by atoms with E-state index >= 15 is 0 Å². The predicted molar refractivity (Wildman–Crippen MR) is 65.1 cm³/mol. The van der Waals surface area contributed by atoms with Gasteiger partial charge < -0.3 is 9.47 Å². The van der Waals surface area contributed by atoms with E-state index in [9.17, 15) is 4.79 Å². The zero-order valence-corrected chi connectivity index (χ0v) is 10.9. The number of carbonyl (C=O) groups excluding carboxylic acids is 1. The van der Waals surface area contributed by atoms with E-state index in [4.69, 9.17) is 9.47 Å². The summed E-state index contributed by atoms with van der Waals surface area (Å²) in [6, 6.07) is 1.06. The van der Waals surface area contributed by atoms with Gasteiger partial charge in [0.1, 0.15) is 5.60 Å². The van der Waals surface area contributed by atoms with Crippen molar-refractivity contribution in [3.63, 3.8) is 0 Å². The molecule has 4 fully saturated rings. The first-order chi connectivity index (χ1) is 8.73. The molecule has 1 saturated carbocycles. The Kier molecular flexibility index (Phi) is 2.31. The van der Waals surface area contributed by atoms with Crippen LogP contribution < -0.4 is 0 Å². The third-order valence-electron chi connectivity index (χ3n) is 5.77.